The number of carbonyl (C=O) groups excluding carboxylic acids is 3. The predicted octanol–water partition coefficient (Wildman–Crippen LogP) is 1.60. The molecule has 0 saturated heterocycles. The van der Waals surface area contributed by atoms with Crippen LogP contribution >= 0.6 is 0 Å². The molecule has 148 valence electrons. The lowest BCUT2D eigenvalue weighted by molar-refractivity contribution is -0.114. The maximum Gasteiger partial charge on any atom is 0.251 e. The Morgan fingerprint density at radius 2 is 1.75 bits per heavy atom. The quantitative estimate of drug-likeness (QED) is 0.464. The third-order valence-electron chi connectivity index (χ3n) is 3.88. The van der Waals surface area contributed by atoms with Crippen LogP contribution in [0.4, 0.5) is 11.4 Å². The van der Waals surface area contributed by atoms with E-state index in [-0.39, 0.29) is 23.9 Å². The van der Waals surface area contributed by atoms with Crippen LogP contribution in [0.25, 0.3) is 0 Å². The van der Waals surface area contributed by atoms with Crippen LogP contribution in [0.5, 0.6) is 0 Å². The third kappa shape index (κ3) is 6.40. The third-order valence-corrected chi connectivity index (χ3v) is 3.88. The van der Waals surface area contributed by atoms with Gasteiger partial charge in [0.2, 0.25) is 5.91 Å². The Morgan fingerprint density at radius 3 is 2.43 bits per heavy atom. The van der Waals surface area contributed by atoms with E-state index in [0.29, 0.717) is 30.1 Å². The summed E-state index contributed by atoms with van der Waals surface area (Å²) in [4.78, 5) is 35.5. The van der Waals surface area contributed by atoms with Crippen LogP contribution in [-0.4, -0.2) is 44.5 Å². The maximum atomic E-state index is 12.1. The minimum absolute atomic E-state index is 0.00431. The summed E-state index contributed by atoms with van der Waals surface area (Å²) in [6.45, 7) is 1.13. The number of amides is 3. The first kappa shape index (κ1) is 20.9. The smallest absolute Gasteiger partial charge is 0.251 e. The molecule has 0 aromatic heterocycles. The van der Waals surface area contributed by atoms with Crippen molar-refractivity contribution in [2.24, 2.45) is 5.73 Å². The number of primary amides is 1. The van der Waals surface area contributed by atoms with Gasteiger partial charge in [0.1, 0.15) is 0 Å². The fourth-order valence-electron chi connectivity index (χ4n) is 2.44. The SMILES string of the molecule is COCCCNC(=O)c1ccc(NCC(=O)Nc2ccccc2C(N)=O)cc1. The molecule has 5 N–H and O–H groups in total. The van der Waals surface area contributed by atoms with Crippen LogP contribution in [0.15, 0.2) is 48.5 Å². The molecule has 0 aliphatic rings. The van der Waals surface area contributed by atoms with E-state index in [0.717, 1.165) is 6.42 Å². The second-order valence-corrected chi connectivity index (χ2v) is 5.99. The van der Waals surface area contributed by atoms with Crippen molar-refractivity contribution in [1.29, 1.82) is 0 Å². The fourth-order valence-corrected chi connectivity index (χ4v) is 2.44. The van der Waals surface area contributed by atoms with Gasteiger partial charge in [0, 0.05) is 31.5 Å². The van der Waals surface area contributed by atoms with Gasteiger partial charge in [-0.05, 0) is 42.8 Å². The highest BCUT2D eigenvalue weighted by atomic mass is 16.5. The van der Waals surface area contributed by atoms with E-state index in [9.17, 15) is 14.4 Å². The van der Waals surface area contributed by atoms with E-state index in [2.05, 4.69) is 16.0 Å². The highest BCUT2D eigenvalue weighted by Crippen LogP contribution is 2.14. The molecule has 2 aromatic rings. The monoisotopic (exact) mass is 384 g/mol. The zero-order valence-corrected chi connectivity index (χ0v) is 15.7. The van der Waals surface area contributed by atoms with Crippen molar-refractivity contribution in [3.63, 3.8) is 0 Å². The molecule has 0 aliphatic heterocycles. The molecule has 2 aromatic carbocycles. The number of benzene rings is 2. The van der Waals surface area contributed by atoms with Gasteiger partial charge < -0.3 is 26.4 Å². The molecule has 2 rings (SSSR count). The number of hydrogen-bond acceptors (Lipinski definition) is 5. The second kappa shape index (κ2) is 10.7. The molecular formula is C20H24N4O4. The standard InChI is InChI=1S/C20H24N4O4/c1-28-12-4-11-22-20(27)14-7-9-15(10-8-14)23-13-18(25)24-17-6-3-2-5-16(17)19(21)26/h2-3,5-10,23H,4,11-13H2,1H3,(H2,21,26)(H,22,27)(H,24,25). The number of nitrogens with one attached hydrogen (secondary N) is 3. The number of para-hydroxylation sites is 1. The summed E-state index contributed by atoms with van der Waals surface area (Å²) in [7, 11) is 1.62. The molecule has 0 fully saturated rings. The number of rotatable bonds is 10. The molecule has 0 bridgehead atoms. The summed E-state index contributed by atoms with van der Waals surface area (Å²) < 4.78 is 4.93. The molecule has 0 aliphatic carbocycles. The van der Waals surface area contributed by atoms with Crippen molar-refractivity contribution >= 4 is 29.1 Å². The molecule has 0 spiro atoms. The van der Waals surface area contributed by atoms with Crippen molar-refractivity contribution < 1.29 is 19.1 Å². The van der Waals surface area contributed by atoms with E-state index < -0.39 is 5.91 Å². The van der Waals surface area contributed by atoms with Gasteiger partial charge in [-0.1, -0.05) is 12.1 Å². The second-order valence-electron chi connectivity index (χ2n) is 5.99. The van der Waals surface area contributed by atoms with E-state index >= 15 is 0 Å². The van der Waals surface area contributed by atoms with Gasteiger partial charge in [-0.3, -0.25) is 14.4 Å². The topological polar surface area (TPSA) is 123 Å². The maximum absolute atomic E-state index is 12.1. The lowest BCUT2D eigenvalue weighted by Gasteiger charge is -2.10. The van der Waals surface area contributed by atoms with Gasteiger partial charge in [0.15, 0.2) is 0 Å². The highest BCUT2D eigenvalue weighted by Gasteiger charge is 2.10. The minimum atomic E-state index is -0.611. The Morgan fingerprint density at radius 1 is 1.04 bits per heavy atom. The van der Waals surface area contributed by atoms with E-state index in [4.69, 9.17) is 10.5 Å². The van der Waals surface area contributed by atoms with E-state index in [1.54, 1.807) is 55.6 Å². The van der Waals surface area contributed by atoms with Crippen LogP contribution in [0, 0.1) is 0 Å². The highest BCUT2D eigenvalue weighted by molar-refractivity contribution is 6.03. The number of ether oxygens (including phenoxy) is 1. The first-order valence-corrected chi connectivity index (χ1v) is 8.81. The largest absolute Gasteiger partial charge is 0.385 e. The van der Waals surface area contributed by atoms with Crippen LogP contribution in [0.2, 0.25) is 0 Å². The zero-order valence-electron chi connectivity index (χ0n) is 15.7. The van der Waals surface area contributed by atoms with Gasteiger partial charge >= 0.3 is 0 Å². The van der Waals surface area contributed by atoms with Crippen LogP contribution < -0.4 is 21.7 Å². The van der Waals surface area contributed by atoms with Crippen molar-refractivity contribution in [3.8, 4) is 0 Å². The Hall–Kier alpha value is -3.39. The average Bonchev–Trinajstić information content (AvgIpc) is 2.70. The zero-order chi connectivity index (χ0) is 20.4. The van der Waals surface area contributed by atoms with Crippen LogP contribution in [0.1, 0.15) is 27.1 Å². The predicted molar refractivity (Wildman–Crippen MR) is 107 cm³/mol. The van der Waals surface area contributed by atoms with Crippen molar-refractivity contribution in [1.82, 2.24) is 5.32 Å². The van der Waals surface area contributed by atoms with Crippen LogP contribution in [0.3, 0.4) is 0 Å². The Bertz CT molecular complexity index is 821. The molecule has 0 unspecified atom stereocenters. The molecule has 8 heteroatoms. The number of hydrogen-bond donors (Lipinski definition) is 4. The molecule has 3 amide bonds. The number of nitrogens with two attached hydrogens (primary N) is 1. The Balaban J connectivity index is 1.84. The average molecular weight is 384 g/mol. The molecule has 28 heavy (non-hydrogen) atoms. The summed E-state index contributed by atoms with van der Waals surface area (Å²) in [5.74, 6) is -1.10. The summed E-state index contributed by atoms with van der Waals surface area (Å²) in [6, 6.07) is 13.3. The summed E-state index contributed by atoms with van der Waals surface area (Å²) >= 11 is 0. The van der Waals surface area contributed by atoms with Crippen molar-refractivity contribution in [2.45, 2.75) is 6.42 Å². The van der Waals surface area contributed by atoms with Crippen LogP contribution in [-0.2, 0) is 9.53 Å². The Kier molecular flexibility index (Phi) is 7.98. The summed E-state index contributed by atoms with van der Waals surface area (Å²) in [5, 5.41) is 8.42. The Labute approximate surface area is 163 Å². The van der Waals surface area contributed by atoms with E-state index in [1.165, 1.54) is 0 Å². The summed E-state index contributed by atoms with van der Waals surface area (Å²) in [5.41, 5.74) is 7.12. The fraction of sp³-hybridized carbons (Fsp3) is 0.250. The van der Waals surface area contributed by atoms with Crippen molar-refractivity contribution in [2.75, 3.05) is 37.4 Å². The molecule has 8 nitrogen and oxygen atoms in total. The molecule has 0 radical (unpaired) electrons. The number of carbonyl (C=O) groups is 3. The number of methoxy groups -OCH3 is 1. The van der Waals surface area contributed by atoms with Gasteiger partial charge in [-0.15, -0.1) is 0 Å². The minimum Gasteiger partial charge on any atom is -0.385 e. The lowest BCUT2D eigenvalue weighted by atomic mass is 10.1. The lowest BCUT2D eigenvalue weighted by Crippen LogP contribution is -2.25. The number of anilines is 2. The van der Waals surface area contributed by atoms with E-state index in [1.807, 2.05) is 0 Å². The molecule has 0 atom stereocenters. The molecular weight excluding hydrogens is 360 g/mol. The van der Waals surface area contributed by atoms with Gasteiger partial charge in [-0.25, -0.2) is 0 Å². The molecule has 0 heterocycles. The first-order valence-electron chi connectivity index (χ1n) is 8.81. The van der Waals surface area contributed by atoms with Gasteiger partial charge in [0.05, 0.1) is 17.8 Å². The van der Waals surface area contributed by atoms with Crippen molar-refractivity contribution in [3.05, 3.63) is 59.7 Å². The summed E-state index contributed by atoms with van der Waals surface area (Å²) in [6.07, 6.45) is 0.746. The molecule has 0 saturated carbocycles. The first-order chi connectivity index (χ1) is 13.5. The van der Waals surface area contributed by atoms with Gasteiger partial charge in [0.25, 0.3) is 11.8 Å². The van der Waals surface area contributed by atoms with Gasteiger partial charge in [-0.2, -0.15) is 0 Å². The normalized spacial score (nSPS) is 10.2.